The molecule has 1 saturated carbocycles. The zero-order valence-corrected chi connectivity index (χ0v) is 8.49. The van der Waals surface area contributed by atoms with Crippen molar-refractivity contribution in [2.24, 2.45) is 0 Å². The molecule has 1 heterocycles. The van der Waals surface area contributed by atoms with Gasteiger partial charge in [-0.25, -0.2) is 0 Å². The lowest BCUT2D eigenvalue weighted by Crippen LogP contribution is -2.16. The lowest BCUT2D eigenvalue weighted by Gasteiger charge is -2.04. The number of pyridine rings is 1. The second-order valence-electron chi connectivity index (χ2n) is 3.74. The van der Waals surface area contributed by atoms with Crippen molar-refractivity contribution in [3.05, 3.63) is 29.6 Å². The van der Waals surface area contributed by atoms with Gasteiger partial charge in [-0.1, -0.05) is 0 Å². The molecule has 2 rings (SSSR count). The molecule has 0 radical (unpaired) electrons. The van der Waals surface area contributed by atoms with Gasteiger partial charge in [-0.15, -0.1) is 0 Å². The maximum absolute atomic E-state index is 5.07. The third-order valence-electron chi connectivity index (χ3n) is 2.34. The van der Waals surface area contributed by atoms with Gasteiger partial charge < -0.3 is 10.1 Å². The number of ether oxygens (including phenoxy) is 1. The van der Waals surface area contributed by atoms with E-state index in [1.54, 1.807) is 7.11 Å². The van der Waals surface area contributed by atoms with Gasteiger partial charge in [0.1, 0.15) is 0 Å². The summed E-state index contributed by atoms with van der Waals surface area (Å²) in [6.07, 6.45) is 4.48. The molecule has 0 atom stereocenters. The Hall–Kier alpha value is -0.930. The molecule has 1 aromatic heterocycles. The average Bonchev–Trinajstić information content (AvgIpc) is 2.99. The minimum absolute atomic E-state index is 0.666. The summed E-state index contributed by atoms with van der Waals surface area (Å²) in [7, 11) is 1.71. The Labute approximate surface area is 84.5 Å². The number of rotatable bonds is 5. The first-order valence-electron chi connectivity index (χ1n) is 5.04. The van der Waals surface area contributed by atoms with Crippen LogP contribution in [-0.4, -0.2) is 18.1 Å². The zero-order chi connectivity index (χ0) is 9.80. The summed E-state index contributed by atoms with van der Waals surface area (Å²) in [6.45, 7) is 1.54. The number of aromatic nitrogens is 1. The Kier molecular flexibility index (Phi) is 3.11. The molecule has 3 nitrogen and oxygen atoms in total. The largest absolute Gasteiger partial charge is 0.380 e. The zero-order valence-electron chi connectivity index (χ0n) is 8.49. The lowest BCUT2D eigenvalue weighted by molar-refractivity contribution is 0.184. The fourth-order valence-electron chi connectivity index (χ4n) is 1.42. The Bertz CT molecular complexity index is 297. The van der Waals surface area contributed by atoms with Crippen LogP contribution in [0.5, 0.6) is 0 Å². The third kappa shape index (κ3) is 2.79. The van der Waals surface area contributed by atoms with E-state index >= 15 is 0 Å². The molecule has 0 aliphatic heterocycles. The van der Waals surface area contributed by atoms with Crippen molar-refractivity contribution in [2.75, 3.05) is 7.11 Å². The highest BCUT2D eigenvalue weighted by Gasteiger charge is 2.19. The number of hydrogen-bond donors (Lipinski definition) is 1. The smallest absolute Gasteiger partial charge is 0.0714 e. The van der Waals surface area contributed by atoms with Crippen LogP contribution in [0.25, 0.3) is 0 Å². The minimum Gasteiger partial charge on any atom is -0.380 e. The molecule has 1 fully saturated rings. The van der Waals surface area contributed by atoms with Crippen LogP contribution < -0.4 is 5.32 Å². The predicted molar refractivity (Wildman–Crippen MR) is 54.8 cm³/mol. The van der Waals surface area contributed by atoms with Gasteiger partial charge in [0.15, 0.2) is 0 Å². The number of methoxy groups -OCH3 is 1. The summed E-state index contributed by atoms with van der Waals surface area (Å²) in [5, 5.41) is 3.44. The Morgan fingerprint density at radius 2 is 2.43 bits per heavy atom. The topological polar surface area (TPSA) is 34.1 Å². The lowest BCUT2D eigenvalue weighted by atomic mass is 10.2. The first-order chi connectivity index (χ1) is 6.88. The molecule has 1 aromatic rings. The number of nitrogens with one attached hydrogen (secondary N) is 1. The summed E-state index contributed by atoms with van der Waals surface area (Å²) in [5.74, 6) is 0. The van der Waals surface area contributed by atoms with E-state index in [-0.39, 0.29) is 0 Å². The van der Waals surface area contributed by atoms with Crippen LogP contribution in [0.4, 0.5) is 0 Å². The van der Waals surface area contributed by atoms with Gasteiger partial charge in [0, 0.05) is 25.9 Å². The number of nitrogens with zero attached hydrogens (tertiary/aromatic N) is 1. The van der Waals surface area contributed by atoms with Crippen molar-refractivity contribution in [1.82, 2.24) is 10.3 Å². The van der Waals surface area contributed by atoms with E-state index in [9.17, 15) is 0 Å². The van der Waals surface area contributed by atoms with Gasteiger partial charge in [-0.3, -0.25) is 4.98 Å². The highest BCUT2D eigenvalue weighted by atomic mass is 16.5. The summed E-state index contributed by atoms with van der Waals surface area (Å²) in [4.78, 5) is 4.30. The first kappa shape index (κ1) is 9.62. The standard InChI is InChI=1S/C11H16N2O/c1-14-8-9-4-5-12-11(6-9)7-13-10-2-3-10/h4-6,10,13H,2-3,7-8H2,1H3. The molecule has 0 saturated heterocycles. The molecular formula is C11H16N2O. The summed E-state index contributed by atoms with van der Waals surface area (Å²) in [5.41, 5.74) is 2.29. The highest BCUT2D eigenvalue weighted by molar-refractivity contribution is 5.15. The van der Waals surface area contributed by atoms with Gasteiger partial charge in [0.25, 0.3) is 0 Å². The van der Waals surface area contributed by atoms with E-state index in [1.165, 1.54) is 18.4 Å². The molecule has 1 aliphatic carbocycles. The van der Waals surface area contributed by atoms with Crippen molar-refractivity contribution in [2.45, 2.75) is 32.0 Å². The summed E-state index contributed by atoms with van der Waals surface area (Å²) < 4.78 is 5.07. The van der Waals surface area contributed by atoms with E-state index in [0.29, 0.717) is 6.61 Å². The van der Waals surface area contributed by atoms with E-state index in [4.69, 9.17) is 4.74 Å². The van der Waals surface area contributed by atoms with Crippen LogP contribution in [-0.2, 0) is 17.9 Å². The van der Waals surface area contributed by atoms with Crippen molar-refractivity contribution in [3.8, 4) is 0 Å². The fourth-order valence-corrected chi connectivity index (χ4v) is 1.42. The fraction of sp³-hybridized carbons (Fsp3) is 0.545. The molecule has 0 bridgehead atoms. The normalized spacial score (nSPS) is 15.8. The van der Waals surface area contributed by atoms with Crippen molar-refractivity contribution < 1.29 is 4.74 Å². The molecule has 0 aromatic carbocycles. The van der Waals surface area contributed by atoms with Gasteiger partial charge in [0.2, 0.25) is 0 Å². The molecule has 76 valence electrons. The van der Waals surface area contributed by atoms with Gasteiger partial charge in [-0.2, -0.15) is 0 Å². The molecule has 1 N–H and O–H groups in total. The molecule has 3 heteroatoms. The van der Waals surface area contributed by atoms with E-state index < -0.39 is 0 Å². The SMILES string of the molecule is COCc1ccnc(CNC2CC2)c1. The highest BCUT2D eigenvalue weighted by Crippen LogP contribution is 2.19. The summed E-state index contributed by atoms with van der Waals surface area (Å²) in [6, 6.07) is 4.83. The molecule has 0 spiro atoms. The monoisotopic (exact) mass is 192 g/mol. The molecule has 0 amide bonds. The average molecular weight is 192 g/mol. The van der Waals surface area contributed by atoms with Crippen molar-refractivity contribution >= 4 is 0 Å². The third-order valence-corrected chi connectivity index (χ3v) is 2.34. The minimum atomic E-state index is 0.666. The second-order valence-corrected chi connectivity index (χ2v) is 3.74. The van der Waals surface area contributed by atoms with Crippen LogP contribution in [0.1, 0.15) is 24.1 Å². The van der Waals surface area contributed by atoms with E-state index in [0.717, 1.165) is 18.3 Å². The van der Waals surface area contributed by atoms with Gasteiger partial charge in [0.05, 0.1) is 12.3 Å². The van der Waals surface area contributed by atoms with Crippen molar-refractivity contribution in [1.29, 1.82) is 0 Å². The van der Waals surface area contributed by atoms with Crippen LogP contribution in [0.15, 0.2) is 18.3 Å². The molecular weight excluding hydrogens is 176 g/mol. The van der Waals surface area contributed by atoms with Crippen LogP contribution in [0.2, 0.25) is 0 Å². The van der Waals surface area contributed by atoms with E-state index in [2.05, 4.69) is 16.4 Å². The Morgan fingerprint density at radius 1 is 1.57 bits per heavy atom. The second kappa shape index (κ2) is 4.53. The number of hydrogen-bond acceptors (Lipinski definition) is 3. The summed E-state index contributed by atoms with van der Waals surface area (Å²) >= 11 is 0. The quantitative estimate of drug-likeness (QED) is 0.767. The van der Waals surface area contributed by atoms with Gasteiger partial charge in [-0.05, 0) is 30.5 Å². The Balaban J connectivity index is 1.90. The maximum Gasteiger partial charge on any atom is 0.0714 e. The van der Waals surface area contributed by atoms with Crippen LogP contribution >= 0.6 is 0 Å². The first-order valence-corrected chi connectivity index (χ1v) is 5.04. The molecule has 0 unspecified atom stereocenters. The molecule has 14 heavy (non-hydrogen) atoms. The Morgan fingerprint density at radius 3 is 3.14 bits per heavy atom. The maximum atomic E-state index is 5.07. The van der Waals surface area contributed by atoms with E-state index in [1.807, 2.05) is 12.3 Å². The molecule has 1 aliphatic rings. The van der Waals surface area contributed by atoms with Gasteiger partial charge >= 0.3 is 0 Å². The van der Waals surface area contributed by atoms with Crippen LogP contribution in [0, 0.1) is 0 Å². The predicted octanol–water partition coefficient (Wildman–Crippen LogP) is 1.48. The van der Waals surface area contributed by atoms with Crippen molar-refractivity contribution in [3.63, 3.8) is 0 Å². The van der Waals surface area contributed by atoms with Crippen LogP contribution in [0.3, 0.4) is 0 Å².